The van der Waals surface area contributed by atoms with E-state index in [4.69, 9.17) is 28.4 Å². The summed E-state index contributed by atoms with van der Waals surface area (Å²) in [5.74, 6) is -6.54. The summed E-state index contributed by atoms with van der Waals surface area (Å²) in [5.41, 5.74) is 0. The van der Waals surface area contributed by atoms with Gasteiger partial charge in [-0.05, 0) is 59.3 Å². The third-order valence-electron chi connectivity index (χ3n) is 6.83. The number of hydrogen-bond donors (Lipinski definition) is 0. The number of carbonyl (C=O) groups excluding carboxylic acids is 3. The maximum absolute atomic E-state index is 10.6. The third kappa shape index (κ3) is 37.8. The van der Waals surface area contributed by atoms with Gasteiger partial charge in [-0.15, -0.1) is 0 Å². The maximum Gasteiger partial charge on any atom is 3.00 e. The summed E-state index contributed by atoms with van der Waals surface area (Å²) >= 11 is 0. The maximum atomic E-state index is 10.6. The molecule has 0 bridgehead atoms. The minimum Gasteiger partial charge on any atom is -0.550 e. The molecule has 0 N–H and O–H groups in total. The summed E-state index contributed by atoms with van der Waals surface area (Å²) in [6.45, 7) is 20.4. The van der Waals surface area contributed by atoms with Crippen LogP contribution in [0, 0.1) is 0 Å². The van der Waals surface area contributed by atoms with Crippen LogP contribution >= 0.6 is 0 Å². The standard InChI is InChI=1S/3C12H24O4.Al/c3*1-4-6-8-15-12(3,10-11(13)14)16-9-7-5-2;/h3*4-10H2,1-3H3,(H,13,14);/q;;;+3/p-3. The van der Waals surface area contributed by atoms with Gasteiger partial charge >= 0.3 is 17.4 Å². The molecular weight excluding hydrogens is 651 g/mol. The van der Waals surface area contributed by atoms with Crippen molar-refractivity contribution in [1.29, 1.82) is 0 Å². The van der Waals surface area contributed by atoms with Gasteiger partial charge in [0.25, 0.3) is 0 Å². The van der Waals surface area contributed by atoms with Gasteiger partial charge in [0.15, 0.2) is 17.4 Å². The monoisotopic (exact) mass is 720 g/mol. The minimum absolute atomic E-state index is 0. The van der Waals surface area contributed by atoms with Crippen molar-refractivity contribution in [1.82, 2.24) is 0 Å². The topological polar surface area (TPSA) is 176 Å². The molecule has 0 spiro atoms. The summed E-state index contributed by atoms with van der Waals surface area (Å²) in [4.78, 5) is 31.8. The van der Waals surface area contributed by atoms with Crippen LogP contribution in [0.25, 0.3) is 0 Å². The van der Waals surface area contributed by atoms with E-state index in [0.29, 0.717) is 39.6 Å². The normalized spacial score (nSPS) is 11.4. The van der Waals surface area contributed by atoms with Crippen LogP contribution in [-0.4, -0.2) is 92.3 Å². The first-order valence-corrected chi connectivity index (χ1v) is 18.0. The van der Waals surface area contributed by atoms with Gasteiger partial charge in [0.2, 0.25) is 0 Å². The summed E-state index contributed by atoms with van der Waals surface area (Å²) in [5, 5.41) is 31.8. The third-order valence-corrected chi connectivity index (χ3v) is 6.83. The van der Waals surface area contributed by atoms with Crippen LogP contribution in [0.2, 0.25) is 0 Å². The number of rotatable bonds is 30. The number of ether oxygens (including phenoxy) is 6. The molecule has 288 valence electrons. The zero-order valence-electron chi connectivity index (χ0n) is 32.3. The van der Waals surface area contributed by atoms with E-state index in [1.807, 2.05) is 0 Å². The largest absolute Gasteiger partial charge is 3.00 e. The molecular formula is C36H69AlO12. The fourth-order valence-electron chi connectivity index (χ4n) is 3.81. The van der Waals surface area contributed by atoms with E-state index in [-0.39, 0.29) is 36.6 Å². The molecule has 0 saturated carbocycles. The van der Waals surface area contributed by atoms with Gasteiger partial charge in [-0.1, -0.05) is 80.1 Å². The second kappa shape index (κ2) is 35.1. The van der Waals surface area contributed by atoms with Crippen LogP contribution in [0.4, 0.5) is 0 Å². The minimum atomic E-state index is -1.14. The van der Waals surface area contributed by atoms with Gasteiger partial charge in [0.1, 0.15) is 0 Å². The molecule has 0 fully saturated rings. The molecule has 0 aliphatic rings. The second-order valence-corrected chi connectivity index (χ2v) is 12.3. The molecule has 0 aromatic rings. The smallest absolute Gasteiger partial charge is 0.550 e. The summed E-state index contributed by atoms with van der Waals surface area (Å²) in [6.07, 6.45) is 10.8. The molecule has 0 unspecified atom stereocenters. The van der Waals surface area contributed by atoms with Crippen LogP contribution in [-0.2, 0) is 42.8 Å². The zero-order valence-corrected chi connectivity index (χ0v) is 33.5. The van der Waals surface area contributed by atoms with Gasteiger partial charge in [-0.3, -0.25) is 0 Å². The zero-order chi connectivity index (χ0) is 37.3. The van der Waals surface area contributed by atoms with Crippen molar-refractivity contribution >= 4 is 35.3 Å². The Morgan fingerprint density at radius 1 is 0.388 bits per heavy atom. The molecule has 49 heavy (non-hydrogen) atoms. The van der Waals surface area contributed by atoms with Crippen molar-refractivity contribution in [3.8, 4) is 0 Å². The number of hydrogen-bond acceptors (Lipinski definition) is 12. The Kier molecular flexibility index (Phi) is 39.0. The van der Waals surface area contributed by atoms with Gasteiger partial charge in [-0.25, -0.2) is 0 Å². The van der Waals surface area contributed by atoms with Crippen LogP contribution in [0.5, 0.6) is 0 Å². The molecule has 0 rings (SSSR count). The fraction of sp³-hybridized carbons (Fsp3) is 0.917. The van der Waals surface area contributed by atoms with Crippen molar-refractivity contribution < 1.29 is 58.1 Å². The Hall–Kier alpha value is -1.30. The SMILES string of the molecule is CCCCOC(C)(CC(=O)[O-])OCCCC.CCCCOC(C)(CC(=O)[O-])OCCCC.CCCCOC(C)(CC(=O)[O-])OCCCC.[Al+3]. The van der Waals surface area contributed by atoms with Gasteiger partial charge in [0, 0.05) is 37.2 Å². The molecule has 0 heterocycles. The average Bonchev–Trinajstić information content (AvgIpc) is 2.97. The van der Waals surface area contributed by atoms with Crippen molar-refractivity contribution in [2.45, 2.75) is 176 Å². The van der Waals surface area contributed by atoms with E-state index in [1.165, 1.54) is 0 Å². The first-order chi connectivity index (χ1) is 22.6. The first kappa shape index (κ1) is 54.5. The summed E-state index contributed by atoms with van der Waals surface area (Å²) < 4.78 is 32.9. The number of unbranched alkanes of at least 4 members (excludes halogenated alkanes) is 6. The molecule has 0 aliphatic carbocycles. The van der Waals surface area contributed by atoms with E-state index in [0.717, 1.165) is 77.0 Å². The van der Waals surface area contributed by atoms with Crippen LogP contribution < -0.4 is 15.3 Å². The average molecular weight is 721 g/mol. The summed E-state index contributed by atoms with van der Waals surface area (Å²) in [6, 6.07) is 0. The molecule has 0 aliphatic heterocycles. The van der Waals surface area contributed by atoms with E-state index in [1.54, 1.807) is 20.8 Å². The van der Waals surface area contributed by atoms with Crippen molar-refractivity contribution in [3.05, 3.63) is 0 Å². The second-order valence-electron chi connectivity index (χ2n) is 12.3. The first-order valence-electron chi connectivity index (χ1n) is 18.0. The van der Waals surface area contributed by atoms with Crippen molar-refractivity contribution in [3.63, 3.8) is 0 Å². The van der Waals surface area contributed by atoms with Gasteiger partial charge in [0.05, 0.1) is 39.6 Å². The molecule has 0 aromatic heterocycles. The Labute approximate surface area is 308 Å². The van der Waals surface area contributed by atoms with E-state index in [9.17, 15) is 29.7 Å². The van der Waals surface area contributed by atoms with Crippen LogP contribution in [0.1, 0.15) is 159 Å². The molecule has 0 saturated heterocycles. The Morgan fingerprint density at radius 2 is 0.531 bits per heavy atom. The van der Waals surface area contributed by atoms with Crippen LogP contribution in [0.15, 0.2) is 0 Å². The number of carboxylic acid groups (broad SMARTS) is 3. The predicted octanol–water partition coefficient (Wildman–Crippen LogP) is 4.05. The van der Waals surface area contributed by atoms with Crippen molar-refractivity contribution in [2.75, 3.05) is 39.6 Å². The number of carboxylic acids is 3. The molecule has 12 nitrogen and oxygen atoms in total. The quantitative estimate of drug-likeness (QED) is 0.0592. The number of aliphatic carboxylic acids is 3. The Bertz CT molecular complexity index is 651. The predicted molar refractivity (Wildman–Crippen MR) is 185 cm³/mol. The van der Waals surface area contributed by atoms with Gasteiger partial charge < -0.3 is 58.1 Å². The van der Waals surface area contributed by atoms with E-state index in [2.05, 4.69) is 41.5 Å². The van der Waals surface area contributed by atoms with E-state index >= 15 is 0 Å². The molecule has 0 atom stereocenters. The Morgan fingerprint density at radius 3 is 0.633 bits per heavy atom. The molecule has 0 radical (unpaired) electrons. The molecule has 13 heteroatoms. The van der Waals surface area contributed by atoms with Crippen LogP contribution in [0.3, 0.4) is 0 Å². The van der Waals surface area contributed by atoms with E-state index < -0.39 is 35.3 Å². The summed E-state index contributed by atoms with van der Waals surface area (Å²) in [7, 11) is 0. The Balaban J connectivity index is -0.000000307. The number of carbonyl (C=O) groups is 3. The van der Waals surface area contributed by atoms with Crippen molar-refractivity contribution in [2.24, 2.45) is 0 Å². The fourth-order valence-corrected chi connectivity index (χ4v) is 3.81. The van der Waals surface area contributed by atoms with Gasteiger partial charge in [-0.2, -0.15) is 0 Å². The molecule has 0 amide bonds. The molecule has 0 aromatic carbocycles.